The van der Waals surface area contributed by atoms with Gasteiger partial charge in [-0.25, -0.2) is 0 Å². The molecule has 1 aliphatic carbocycles. The summed E-state index contributed by atoms with van der Waals surface area (Å²) in [6.45, 7) is 4.20. The van der Waals surface area contributed by atoms with Crippen LogP contribution in [-0.2, 0) is 4.79 Å². The van der Waals surface area contributed by atoms with E-state index in [0.717, 1.165) is 19.3 Å². The summed E-state index contributed by atoms with van der Waals surface area (Å²) in [7, 11) is 0. The molecule has 0 spiro atoms. The smallest absolute Gasteiger partial charge is 0.306 e. The fraction of sp³-hybridized carbons (Fsp3) is 0.909. The van der Waals surface area contributed by atoms with Gasteiger partial charge in [0.05, 0.1) is 5.92 Å². The second-order valence-electron chi connectivity index (χ2n) is 4.62. The van der Waals surface area contributed by atoms with Crippen molar-refractivity contribution < 1.29 is 9.90 Å². The van der Waals surface area contributed by atoms with Gasteiger partial charge in [-0.3, -0.25) is 4.79 Å². The molecule has 2 nitrogen and oxygen atoms in total. The average molecular weight is 184 g/mol. The van der Waals surface area contributed by atoms with Crippen molar-refractivity contribution in [3.8, 4) is 0 Å². The first-order chi connectivity index (χ1) is 6.11. The Hall–Kier alpha value is -0.530. The summed E-state index contributed by atoms with van der Waals surface area (Å²) < 4.78 is 0. The number of carboxylic acids is 1. The Morgan fingerprint density at radius 2 is 1.92 bits per heavy atom. The van der Waals surface area contributed by atoms with Gasteiger partial charge in [0.2, 0.25) is 0 Å². The molecule has 1 fully saturated rings. The number of rotatable bonds is 4. The standard InChI is InChI=1S/C11H20O2/c1-8(2)7-10(11(12)13)9-5-3-4-6-9/h8-10H,3-7H2,1-2H3,(H,12,13). The number of hydrogen-bond acceptors (Lipinski definition) is 1. The van der Waals surface area contributed by atoms with Crippen molar-refractivity contribution in [3.63, 3.8) is 0 Å². The quantitative estimate of drug-likeness (QED) is 0.729. The third-order valence-electron chi connectivity index (χ3n) is 3.01. The van der Waals surface area contributed by atoms with E-state index in [1.165, 1.54) is 12.8 Å². The van der Waals surface area contributed by atoms with Gasteiger partial charge in [0.15, 0.2) is 0 Å². The van der Waals surface area contributed by atoms with Gasteiger partial charge >= 0.3 is 5.97 Å². The highest BCUT2D eigenvalue weighted by molar-refractivity contribution is 5.70. The molecule has 0 aromatic rings. The first-order valence-corrected chi connectivity index (χ1v) is 5.34. The first-order valence-electron chi connectivity index (χ1n) is 5.34. The Kier molecular flexibility index (Phi) is 3.76. The van der Waals surface area contributed by atoms with Crippen LogP contribution in [0.2, 0.25) is 0 Å². The van der Waals surface area contributed by atoms with Crippen LogP contribution in [0.25, 0.3) is 0 Å². The topological polar surface area (TPSA) is 37.3 Å². The van der Waals surface area contributed by atoms with E-state index in [1.54, 1.807) is 0 Å². The van der Waals surface area contributed by atoms with Crippen molar-refractivity contribution in [1.29, 1.82) is 0 Å². The van der Waals surface area contributed by atoms with Crippen LogP contribution in [0.3, 0.4) is 0 Å². The molecule has 0 bridgehead atoms. The van der Waals surface area contributed by atoms with Gasteiger partial charge in [0, 0.05) is 0 Å². The van der Waals surface area contributed by atoms with E-state index in [1.807, 2.05) is 0 Å². The van der Waals surface area contributed by atoms with Crippen LogP contribution in [0, 0.1) is 17.8 Å². The molecule has 1 unspecified atom stereocenters. The van der Waals surface area contributed by atoms with E-state index in [0.29, 0.717) is 11.8 Å². The average Bonchev–Trinajstić information content (AvgIpc) is 2.50. The molecule has 0 heterocycles. The van der Waals surface area contributed by atoms with Crippen LogP contribution in [0.15, 0.2) is 0 Å². The maximum Gasteiger partial charge on any atom is 0.306 e. The monoisotopic (exact) mass is 184 g/mol. The van der Waals surface area contributed by atoms with Crippen LogP contribution in [0.5, 0.6) is 0 Å². The van der Waals surface area contributed by atoms with E-state index in [2.05, 4.69) is 13.8 Å². The van der Waals surface area contributed by atoms with Gasteiger partial charge in [-0.15, -0.1) is 0 Å². The Morgan fingerprint density at radius 1 is 1.38 bits per heavy atom. The molecule has 0 aromatic carbocycles. The van der Waals surface area contributed by atoms with Crippen LogP contribution in [0.4, 0.5) is 0 Å². The van der Waals surface area contributed by atoms with Crippen LogP contribution < -0.4 is 0 Å². The molecular formula is C11H20O2. The molecule has 1 saturated carbocycles. The van der Waals surface area contributed by atoms with Crippen molar-refractivity contribution in [2.45, 2.75) is 46.0 Å². The zero-order valence-corrected chi connectivity index (χ0v) is 8.62. The van der Waals surface area contributed by atoms with Crippen molar-refractivity contribution in [2.24, 2.45) is 17.8 Å². The minimum absolute atomic E-state index is 0.0810. The maximum atomic E-state index is 11.0. The SMILES string of the molecule is CC(C)CC(C(=O)O)C1CCCC1. The van der Waals surface area contributed by atoms with Crippen LogP contribution >= 0.6 is 0 Å². The molecule has 0 aromatic heterocycles. The van der Waals surface area contributed by atoms with Crippen molar-refractivity contribution in [2.75, 3.05) is 0 Å². The van der Waals surface area contributed by atoms with Gasteiger partial charge < -0.3 is 5.11 Å². The third-order valence-corrected chi connectivity index (χ3v) is 3.01. The van der Waals surface area contributed by atoms with Gasteiger partial charge in [-0.1, -0.05) is 26.7 Å². The summed E-state index contributed by atoms with van der Waals surface area (Å²) in [5.74, 6) is 0.296. The third kappa shape index (κ3) is 3.02. The minimum Gasteiger partial charge on any atom is -0.481 e. The number of hydrogen-bond donors (Lipinski definition) is 1. The molecule has 0 aliphatic heterocycles. The fourth-order valence-corrected chi connectivity index (χ4v) is 2.36. The second-order valence-corrected chi connectivity index (χ2v) is 4.62. The molecular weight excluding hydrogens is 164 g/mol. The zero-order valence-electron chi connectivity index (χ0n) is 8.62. The lowest BCUT2D eigenvalue weighted by Gasteiger charge is -2.20. The van der Waals surface area contributed by atoms with Gasteiger partial charge in [0.25, 0.3) is 0 Å². The fourth-order valence-electron chi connectivity index (χ4n) is 2.36. The van der Waals surface area contributed by atoms with E-state index in [9.17, 15) is 4.79 Å². The highest BCUT2D eigenvalue weighted by Crippen LogP contribution is 2.34. The van der Waals surface area contributed by atoms with E-state index < -0.39 is 5.97 Å². The lowest BCUT2D eigenvalue weighted by atomic mass is 9.84. The number of carboxylic acid groups (broad SMARTS) is 1. The number of aliphatic carboxylic acids is 1. The molecule has 0 radical (unpaired) electrons. The van der Waals surface area contributed by atoms with E-state index in [-0.39, 0.29) is 5.92 Å². The molecule has 76 valence electrons. The second kappa shape index (κ2) is 4.64. The number of carbonyl (C=O) groups is 1. The molecule has 1 N–H and O–H groups in total. The predicted molar refractivity (Wildman–Crippen MR) is 52.5 cm³/mol. The summed E-state index contributed by atoms with van der Waals surface area (Å²) in [5, 5.41) is 9.08. The lowest BCUT2D eigenvalue weighted by molar-refractivity contribution is -0.144. The molecule has 2 heteroatoms. The van der Waals surface area contributed by atoms with Gasteiger partial charge in [-0.05, 0) is 31.1 Å². The van der Waals surface area contributed by atoms with Crippen LogP contribution in [0.1, 0.15) is 46.0 Å². The summed E-state index contributed by atoms with van der Waals surface area (Å²) in [6.07, 6.45) is 5.56. The maximum absolute atomic E-state index is 11.0. The van der Waals surface area contributed by atoms with E-state index >= 15 is 0 Å². The highest BCUT2D eigenvalue weighted by Gasteiger charge is 2.30. The first kappa shape index (κ1) is 10.6. The van der Waals surface area contributed by atoms with Crippen molar-refractivity contribution in [1.82, 2.24) is 0 Å². The largest absolute Gasteiger partial charge is 0.481 e. The Balaban J connectivity index is 2.50. The normalized spacial score (nSPS) is 20.8. The van der Waals surface area contributed by atoms with E-state index in [4.69, 9.17) is 5.11 Å². The molecule has 13 heavy (non-hydrogen) atoms. The summed E-state index contributed by atoms with van der Waals surface area (Å²) in [4.78, 5) is 11.0. The molecule has 1 rings (SSSR count). The molecule has 1 atom stereocenters. The summed E-state index contributed by atoms with van der Waals surface area (Å²) >= 11 is 0. The molecule has 1 aliphatic rings. The highest BCUT2D eigenvalue weighted by atomic mass is 16.4. The summed E-state index contributed by atoms with van der Waals surface area (Å²) in [5.41, 5.74) is 0. The van der Waals surface area contributed by atoms with Gasteiger partial charge in [-0.2, -0.15) is 0 Å². The molecule has 0 amide bonds. The Labute approximate surface area is 80.3 Å². The van der Waals surface area contributed by atoms with Crippen molar-refractivity contribution >= 4 is 5.97 Å². The predicted octanol–water partition coefficient (Wildman–Crippen LogP) is 2.92. The lowest BCUT2D eigenvalue weighted by Crippen LogP contribution is -2.23. The minimum atomic E-state index is -0.583. The summed E-state index contributed by atoms with van der Waals surface area (Å²) in [6, 6.07) is 0. The Bertz CT molecular complexity index is 169. The van der Waals surface area contributed by atoms with Crippen LogP contribution in [-0.4, -0.2) is 11.1 Å². The Morgan fingerprint density at radius 3 is 2.31 bits per heavy atom. The van der Waals surface area contributed by atoms with Gasteiger partial charge in [0.1, 0.15) is 0 Å². The van der Waals surface area contributed by atoms with Crippen molar-refractivity contribution in [3.05, 3.63) is 0 Å². The molecule has 0 saturated heterocycles. The zero-order chi connectivity index (χ0) is 9.84.